The lowest BCUT2D eigenvalue weighted by atomic mass is 9.90. The highest BCUT2D eigenvalue weighted by molar-refractivity contribution is 4.93. The molecule has 0 rings (SSSR count). The average Bonchev–Trinajstić information content (AvgIpc) is 2.17. The van der Waals surface area contributed by atoms with Crippen molar-refractivity contribution in [3.8, 4) is 6.07 Å². The van der Waals surface area contributed by atoms with E-state index in [0.717, 1.165) is 19.3 Å². The van der Waals surface area contributed by atoms with E-state index in [1.54, 1.807) is 0 Å². The van der Waals surface area contributed by atoms with Crippen LogP contribution in [0.3, 0.4) is 0 Å². The second kappa shape index (κ2) is 7.86. The van der Waals surface area contributed by atoms with Gasteiger partial charge in [0.25, 0.3) is 0 Å². The van der Waals surface area contributed by atoms with E-state index in [2.05, 4.69) is 39.0 Å². The zero-order valence-electron chi connectivity index (χ0n) is 9.09. The maximum Gasteiger partial charge on any atom is 0.0661 e. The summed E-state index contributed by atoms with van der Waals surface area (Å²) in [5, 5.41) is 8.90. The zero-order chi connectivity index (χ0) is 10.1. The van der Waals surface area contributed by atoms with Gasteiger partial charge in [-0.05, 0) is 18.8 Å². The Morgan fingerprint density at radius 1 is 1.31 bits per heavy atom. The minimum absolute atomic E-state index is 0.207. The summed E-state index contributed by atoms with van der Waals surface area (Å²) in [5.41, 5.74) is 0. The van der Waals surface area contributed by atoms with Gasteiger partial charge in [0.15, 0.2) is 0 Å². The molecule has 2 atom stereocenters. The Morgan fingerprint density at radius 3 is 2.46 bits per heavy atom. The molecule has 1 heteroatoms. The van der Waals surface area contributed by atoms with Crippen LogP contribution in [0.4, 0.5) is 0 Å². The Morgan fingerprint density at radius 2 is 2.00 bits per heavy atom. The normalized spacial score (nSPS) is 15.5. The van der Waals surface area contributed by atoms with Crippen LogP contribution in [0.2, 0.25) is 0 Å². The number of hydrogen-bond donors (Lipinski definition) is 0. The number of nitriles is 1. The molecular weight excluding hydrogens is 158 g/mol. The molecule has 0 aromatic heterocycles. The second-order valence-electron chi connectivity index (χ2n) is 3.62. The Labute approximate surface area is 82.5 Å². The van der Waals surface area contributed by atoms with Gasteiger partial charge in [0.1, 0.15) is 0 Å². The predicted molar refractivity (Wildman–Crippen MR) is 57.2 cm³/mol. The molecule has 74 valence electrons. The molecule has 0 fully saturated rings. The van der Waals surface area contributed by atoms with Crippen molar-refractivity contribution in [2.45, 2.75) is 46.5 Å². The second-order valence-corrected chi connectivity index (χ2v) is 3.62. The molecule has 0 aromatic rings. The zero-order valence-corrected chi connectivity index (χ0v) is 9.09. The fraction of sp³-hybridized carbons (Fsp3) is 0.750. The lowest BCUT2D eigenvalue weighted by Gasteiger charge is -2.12. The molecular formula is C12H21N. The Balaban J connectivity index is 3.80. The van der Waals surface area contributed by atoms with Gasteiger partial charge in [-0.15, -0.1) is 0 Å². The summed E-state index contributed by atoms with van der Waals surface area (Å²) in [7, 11) is 0. The van der Waals surface area contributed by atoms with Crippen molar-refractivity contribution in [3.05, 3.63) is 12.2 Å². The van der Waals surface area contributed by atoms with Gasteiger partial charge < -0.3 is 0 Å². The van der Waals surface area contributed by atoms with Gasteiger partial charge in [0.05, 0.1) is 12.0 Å². The standard InChI is InChI=1S/C12H21N/c1-4-6-7-8-9-12(10-13)11(3)5-2/h7-8,11-12H,4-6,9H2,1-3H3/b8-7-/t11?,12-/m0/s1. The Hall–Kier alpha value is -0.770. The summed E-state index contributed by atoms with van der Waals surface area (Å²) >= 11 is 0. The van der Waals surface area contributed by atoms with Crippen LogP contribution in [0.15, 0.2) is 12.2 Å². The van der Waals surface area contributed by atoms with E-state index in [-0.39, 0.29) is 5.92 Å². The van der Waals surface area contributed by atoms with Crippen molar-refractivity contribution in [1.29, 1.82) is 5.26 Å². The smallest absolute Gasteiger partial charge is 0.0661 e. The fourth-order valence-electron chi connectivity index (χ4n) is 1.22. The van der Waals surface area contributed by atoms with Gasteiger partial charge in [-0.3, -0.25) is 0 Å². The maximum absolute atomic E-state index is 8.90. The molecule has 0 heterocycles. The largest absolute Gasteiger partial charge is 0.198 e. The SMILES string of the molecule is CCC/C=C\C[C@@H](C#N)C(C)CC. The predicted octanol–water partition coefficient (Wildman–Crippen LogP) is 3.92. The van der Waals surface area contributed by atoms with E-state index in [1.807, 2.05) is 0 Å². The van der Waals surface area contributed by atoms with Crippen LogP contribution in [0.5, 0.6) is 0 Å². The molecule has 0 spiro atoms. The third-order valence-electron chi connectivity index (χ3n) is 2.51. The lowest BCUT2D eigenvalue weighted by molar-refractivity contribution is 0.428. The number of hydrogen-bond acceptors (Lipinski definition) is 1. The van der Waals surface area contributed by atoms with Crippen molar-refractivity contribution >= 4 is 0 Å². The van der Waals surface area contributed by atoms with Crippen molar-refractivity contribution < 1.29 is 0 Å². The maximum atomic E-state index is 8.90. The molecule has 0 bridgehead atoms. The van der Waals surface area contributed by atoms with E-state index < -0.39 is 0 Å². The molecule has 0 saturated heterocycles. The summed E-state index contributed by atoms with van der Waals surface area (Å²) < 4.78 is 0. The van der Waals surface area contributed by atoms with Crippen LogP contribution < -0.4 is 0 Å². The first-order valence-corrected chi connectivity index (χ1v) is 5.30. The quantitative estimate of drug-likeness (QED) is 0.567. The number of nitrogens with zero attached hydrogens (tertiary/aromatic N) is 1. The molecule has 0 aliphatic carbocycles. The van der Waals surface area contributed by atoms with Gasteiger partial charge in [-0.25, -0.2) is 0 Å². The van der Waals surface area contributed by atoms with Crippen molar-refractivity contribution in [1.82, 2.24) is 0 Å². The van der Waals surface area contributed by atoms with Gasteiger partial charge >= 0.3 is 0 Å². The molecule has 0 saturated carbocycles. The Bertz CT molecular complexity index is 176. The average molecular weight is 179 g/mol. The fourth-order valence-corrected chi connectivity index (χ4v) is 1.22. The van der Waals surface area contributed by atoms with Crippen LogP contribution in [0.1, 0.15) is 46.5 Å². The summed E-state index contributed by atoms with van der Waals surface area (Å²) in [6.45, 7) is 6.47. The highest BCUT2D eigenvalue weighted by Gasteiger charge is 2.12. The van der Waals surface area contributed by atoms with Crippen LogP contribution >= 0.6 is 0 Å². The third-order valence-corrected chi connectivity index (χ3v) is 2.51. The van der Waals surface area contributed by atoms with E-state index in [9.17, 15) is 0 Å². The first-order chi connectivity index (χ1) is 6.26. The lowest BCUT2D eigenvalue weighted by Crippen LogP contribution is -2.07. The molecule has 0 N–H and O–H groups in total. The summed E-state index contributed by atoms with van der Waals surface area (Å²) in [5.74, 6) is 0.731. The van der Waals surface area contributed by atoms with Crippen molar-refractivity contribution in [2.24, 2.45) is 11.8 Å². The van der Waals surface area contributed by atoms with Crippen LogP contribution in [-0.2, 0) is 0 Å². The number of unbranched alkanes of at least 4 members (excludes halogenated alkanes) is 1. The molecule has 0 aliphatic rings. The van der Waals surface area contributed by atoms with Crippen LogP contribution in [0, 0.1) is 23.2 Å². The van der Waals surface area contributed by atoms with Crippen LogP contribution in [0.25, 0.3) is 0 Å². The molecule has 1 unspecified atom stereocenters. The minimum atomic E-state index is 0.207. The summed E-state index contributed by atoms with van der Waals surface area (Å²) in [6, 6.07) is 2.38. The molecule has 0 amide bonds. The third kappa shape index (κ3) is 5.47. The summed E-state index contributed by atoms with van der Waals surface area (Å²) in [4.78, 5) is 0. The van der Waals surface area contributed by atoms with Gasteiger partial charge in [-0.2, -0.15) is 5.26 Å². The molecule has 0 aromatic carbocycles. The first kappa shape index (κ1) is 12.2. The molecule has 1 nitrogen and oxygen atoms in total. The monoisotopic (exact) mass is 179 g/mol. The van der Waals surface area contributed by atoms with Crippen molar-refractivity contribution in [2.75, 3.05) is 0 Å². The van der Waals surface area contributed by atoms with Gasteiger partial charge in [-0.1, -0.05) is 45.8 Å². The van der Waals surface area contributed by atoms with Crippen molar-refractivity contribution in [3.63, 3.8) is 0 Å². The number of rotatable bonds is 6. The summed E-state index contributed by atoms with van der Waals surface area (Å²) in [6.07, 6.45) is 8.69. The molecule has 13 heavy (non-hydrogen) atoms. The van der Waals surface area contributed by atoms with E-state index >= 15 is 0 Å². The first-order valence-electron chi connectivity index (χ1n) is 5.30. The minimum Gasteiger partial charge on any atom is -0.198 e. The van der Waals surface area contributed by atoms with E-state index in [4.69, 9.17) is 5.26 Å². The van der Waals surface area contributed by atoms with Gasteiger partial charge in [0, 0.05) is 0 Å². The van der Waals surface area contributed by atoms with Crippen LogP contribution in [-0.4, -0.2) is 0 Å². The molecule has 0 aliphatic heterocycles. The Kier molecular flexibility index (Phi) is 7.39. The highest BCUT2D eigenvalue weighted by Crippen LogP contribution is 2.18. The van der Waals surface area contributed by atoms with E-state index in [1.165, 1.54) is 6.42 Å². The van der Waals surface area contributed by atoms with E-state index in [0.29, 0.717) is 5.92 Å². The van der Waals surface area contributed by atoms with Gasteiger partial charge in [0.2, 0.25) is 0 Å². The molecule has 0 radical (unpaired) electrons. The highest BCUT2D eigenvalue weighted by atomic mass is 14.3. The number of allylic oxidation sites excluding steroid dienone is 2. The topological polar surface area (TPSA) is 23.8 Å².